The smallest absolute Gasteiger partial charge is 0.308 e. The molecule has 0 aliphatic heterocycles. The van der Waals surface area contributed by atoms with Crippen molar-refractivity contribution in [2.24, 2.45) is 0 Å². The lowest BCUT2D eigenvalue weighted by molar-refractivity contribution is 0.0920. The second-order valence-corrected chi connectivity index (χ2v) is 5.64. The largest absolute Gasteiger partial charge is 0.497 e. The van der Waals surface area contributed by atoms with Gasteiger partial charge in [0.2, 0.25) is 5.89 Å². The summed E-state index contributed by atoms with van der Waals surface area (Å²) in [5.74, 6) is 0.705. The molecule has 0 radical (unpaired) electrons. The summed E-state index contributed by atoms with van der Waals surface area (Å²) in [4.78, 5) is 12.1. The van der Waals surface area contributed by atoms with E-state index >= 15 is 0 Å². The molecule has 0 saturated carbocycles. The zero-order valence-corrected chi connectivity index (χ0v) is 14.2. The van der Waals surface area contributed by atoms with E-state index in [4.69, 9.17) is 9.15 Å². The van der Waals surface area contributed by atoms with Gasteiger partial charge in [-0.15, -0.1) is 10.2 Å². The summed E-state index contributed by atoms with van der Waals surface area (Å²) in [6.45, 7) is 2.47. The van der Waals surface area contributed by atoms with Crippen molar-refractivity contribution in [1.29, 1.82) is 0 Å². The van der Waals surface area contributed by atoms with Crippen molar-refractivity contribution in [1.82, 2.24) is 15.5 Å². The number of ether oxygens (including phenoxy) is 1. The van der Waals surface area contributed by atoms with Gasteiger partial charge in [-0.2, -0.15) is 0 Å². The minimum atomic E-state index is -0.381. The van der Waals surface area contributed by atoms with E-state index in [-0.39, 0.29) is 11.8 Å². The second kappa shape index (κ2) is 7.61. The highest BCUT2D eigenvalue weighted by Gasteiger charge is 2.15. The quantitative estimate of drug-likeness (QED) is 0.748. The lowest BCUT2D eigenvalue weighted by Gasteiger charge is -2.05. The van der Waals surface area contributed by atoms with Gasteiger partial charge in [0.1, 0.15) is 5.75 Å². The summed E-state index contributed by atoms with van der Waals surface area (Å²) >= 11 is 0. The van der Waals surface area contributed by atoms with E-state index < -0.39 is 0 Å². The third-order valence-corrected chi connectivity index (χ3v) is 3.75. The van der Waals surface area contributed by atoms with Crippen LogP contribution < -0.4 is 10.1 Å². The van der Waals surface area contributed by atoms with Crippen molar-refractivity contribution < 1.29 is 13.9 Å². The Bertz CT molecular complexity index is 856. The van der Waals surface area contributed by atoms with Crippen LogP contribution in [0, 0.1) is 6.92 Å². The molecule has 0 saturated heterocycles. The van der Waals surface area contributed by atoms with Crippen molar-refractivity contribution in [3.63, 3.8) is 0 Å². The van der Waals surface area contributed by atoms with Crippen LogP contribution in [0.4, 0.5) is 0 Å². The Hall–Kier alpha value is -3.15. The predicted molar refractivity (Wildman–Crippen MR) is 93.5 cm³/mol. The topological polar surface area (TPSA) is 77.2 Å². The fourth-order valence-corrected chi connectivity index (χ4v) is 2.35. The number of amides is 1. The molecule has 1 N–H and O–H groups in total. The Labute approximate surface area is 145 Å². The summed E-state index contributed by atoms with van der Waals surface area (Å²) in [7, 11) is 1.63. The van der Waals surface area contributed by atoms with E-state index in [9.17, 15) is 4.79 Å². The number of carbonyl (C=O) groups is 1. The van der Waals surface area contributed by atoms with Crippen molar-refractivity contribution >= 4 is 5.91 Å². The molecular formula is C19H19N3O3. The van der Waals surface area contributed by atoms with Gasteiger partial charge in [-0.3, -0.25) is 4.79 Å². The van der Waals surface area contributed by atoms with E-state index in [1.165, 1.54) is 0 Å². The third-order valence-electron chi connectivity index (χ3n) is 3.75. The number of hydrogen-bond donors (Lipinski definition) is 1. The number of nitrogens with zero attached hydrogens (tertiary/aromatic N) is 2. The molecule has 0 atom stereocenters. The number of methoxy groups -OCH3 is 1. The highest BCUT2D eigenvalue weighted by molar-refractivity contribution is 5.89. The number of nitrogens with one attached hydrogen (secondary N) is 1. The van der Waals surface area contributed by atoms with E-state index in [2.05, 4.69) is 15.5 Å². The van der Waals surface area contributed by atoms with Crippen LogP contribution in [0.1, 0.15) is 21.8 Å². The molecule has 3 aromatic rings. The molecule has 2 aromatic carbocycles. The summed E-state index contributed by atoms with van der Waals surface area (Å²) < 4.78 is 10.6. The van der Waals surface area contributed by atoms with Gasteiger partial charge < -0.3 is 14.5 Å². The van der Waals surface area contributed by atoms with Crippen molar-refractivity contribution in [3.8, 4) is 17.2 Å². The minimum absolute atomic E-state index is 0.0405. The molecule has 128 valence electrons. The van der Waals surface area contributed by atoms with Gasteiger partial charge in [0.25, 0.3) is 0 Å². The molecule has 0 aliphatic carbocycles. The van der Waals surface area contributed by atoms with E-state index in [1.54, 1.807) is 7.11 Å². The van der Waals surface area contributed by atoms with Crippen LogP contribution in [0.3, 0.4) is 0 Å². The molecule has 0 unspecified atom stereocenters. The fourth-order valence-electron chi connectivity index (χ4n) is 2.35. The Balaban J connectivity index is 1.57. The molecule has 25 heavy (non-hydrogen) atoms. The highest BCUT2D eigenvalue weighted by Crippen LogP contribution is 2.18. The zero-order valence-electron chi connectivity index (χ0n) is 14.2. The first-order chi connectivity index (χ1) is 12.2. The third kappa shape index (κ3) is 4.23. The summed E-state index contributed by atoms with van der Waals surface area (Å²) in [5.41, 5.74) is 3.00. The highest BCUT2D eigenvalue weighted by atomic mass is 16.5. The van der Waals surface area contributed by atoms with Gasteiger partial charge in [0.15, 0.2) is 0 Å². The van der Waals surface area contributed by atoms with Gasteiger partial charge in [0.05, 0.1) is 7.11 Å². The normalized spacial score (nSPS) is 10.5. The zero-order chi connectivity index (χ0) is 17.6. The van der Waals surface area contributed by atoms with Crippen LogP contribution in [0.5, 0.6) is 5.75 Å². The maximum Gasteiger partial charge on any atom is 0.308 e. The van der Waals surface area contributed by atoms with E-state index in [0.717, 1.165) is 22.4 Å². The van der Waals surface area contributed by atoms with Crippen LogP contribution in [0.15, 0.2) is 52.9 Å². The monoisotopic (exact) mass is 337 g/mol. The first-order valence-electron chi connectivity index (χ1n) is 7.97. The summed E-state index contributed by atoms with van der Waals surface area (Å²) in [5, 5.41) is 10.5. The van der Waals surface area contributed by atoms with Crippen molar-refractivity contribution in [2.45, 2.75) is 13.3 Å². The van der Waals surface area contributed by atoms with Crippen molar-refractivity contribution in [3.05, 3.63) is 65.5 Å². The van der Waals surface area contributed by atoms with Gasteiger partial charge in [-0.05, 0) is 43.2 Å². The molecule has 1 amide bonds. The number of hydrogen-bond acceptors (Lipinski definition) is 5. The molecule has 1 aromatic heterocycles. The average molecular weight is 337 g/mol. The molecule has 0 spiro atoms. The van der Waals surface area contributed by atoms with Gasteiger partial charge in [-0.1, -0.05) is 29.8 Å². The number of rotatable bonds is 6. The molecule has 0 bridgehead atoms. The number of aryl methyl sites for hydroxylation is 1. The average Bonchev–Trinajstić information content (AvgIpc) is 3.12. The molecular weight excluding hydrogens is 318 g/mol. The molecule has 1 heterocycles. The summed E-state index contributed by atoms with van der Waals surface area (Å²) in [6, 6.07) is 15.4. The van der Waals surface area contributed by atoms with E-state index in [0.29, 0.717) is 18.9 Å². The van der Waals surface area contributed by atoms with Crippen LogP contribution >= 0.6 is 0 Å². The van der Waals surface area contributed by atoms with Gasteiger partial charge in [0, 0.05) is 12.1 Å². The standard InChI is InChI=1S/C19H19N3O3/c1-13-6-8-15(9-7-13)18-21-22-19(25-18)17(23)20-11-10-14-4-3-5-16(12-14)24-2/h3-9,12H,10-11H2,1-2H3,(H,20,23). The Kier molecular flexibility index (Phi) is 5.09. The second-order valence-electron chi connectivity index (χ2n) is 5.64. The molecule has 6 heteroatoms. The molecule has 3 rings (SSSR count). The number of aromatic nitrogens is 2. The van der Waals surface area contributed by atoms with Crippen molar-refractivity contribution in [2.75, 3.05) is 13.7 Å². The SMILES string of the molecule is COc1cccc(CCNC(=O)c2nnc(-c3ccc(C)cc3)o2)c1. The number of carbonyl (C=O) groups excluding carboxylic acids is 1. The summed E-state index contributed by atoms with van der Waals surface area (Å²) in [6.07, 6.45) is 0.682. The lowest BCUT2D eigenvalue weighted by Crippen LogP contribution is -2.26. The van der Waals surface area contributed by atoms with Crippen LogP contribution in [-0.2, 0) is 6.42 Å². The Morgan fingerprint density at radius 3 is 2.72 bits per heavy atom. The first-order valence-corrected chi connectivity index (χ1v) is 7.97. The van der Waals surface area contributed by atoms with Gasteiger partial charge in [-0.25, -0.2) is 0 Å². The van der Waals surface area contributed by atoms with Crippen LogP contribution in [0.25, 0.3) is 11.5 Å². The maximum atomic E-state index is 12.1. The molecule has 0 aliphatic rings. The van der Waals surface area contributed by atoms with Gasteiger partial charge >= 0.3 is 11.8 Å². The fraction of sp³-hybridized carbons (Fsp3) is 0.211. The van der Waals surface area contributed by atoms with Crippen LogP contribution in [0.2, 0.25) is 0 Å². The first kappa shape index (κ1) is 16.7. The predicted octanol–water partition coefficient (Wildman–Crippen LogP) is 3.03. The maximum absolute atomic E-state index is 12.1. The Morgan fingerprint density at radius 1 is 1.16 bits per heavy atom. The van der Waals surface area contributed by atoms with Crippen LogP contribution in [-0.4, -0.2) is 29.8 Å². The minimum Gasteiger partial charge on any atom is -0.497 e. The molecule has 6 nitrogen and oxygen atoms in total. The van der Waals surface area contributed by atoms with E-state index in [1.807, 2.05) is 55.5 Å². The Morgan fingerprint density at radius 2 is 1.96 bits per heavy atom. The lowest BCUT2D eigenvalue weighted by atomic mass is 10.1. The molecule has 0 fully saturated rings. The number of benzene rings is 2.